The number of oxime groups is 1. The Morgan fingerprint density at radius 3 is 2.67 bits per heavy atom. The van der Waals surface area contributed by atoms with Gasteiger partial charge >= 0.3 is 0 Å². The average molecular weight is 251 g/mol. The van der Waals surface area contributed by atoms with Gasteiger partial charge < -0.3 is 21.0 Å². The molecule has 98 valence electrons. The van der Waals surface area contributed by atoms with E-state index in [4.69, 9.17) is 15.7 Å². The molecule has 4 N–H and O–H groups in total. The number of nitrogens with two attached hydrogens (primary N) is 1. The quantitative estimate of drug-likeness (QED) is 0.303. The van der Waals surface area contributed by atoms with E-state index in [9.17, 15) is 4.79 Å². The van der Waals surface area contributed by atoms with E-state index in [0.717, 1.165) is 5.56 Å². The molecule has 1 rings (SSSR count). The lowest BCUT2D eigenvalue weighted by Crippen LogP contribution is -2.18. The first-order valence-electron chi connectivity index (χ1n) is 5.58. The van der Waals surface area contributed by atoms with E-state index < -0.39 is 0 Å². The van der Waals surface area contributed by atoms with Gasteiger partial charge in [0.05, 0.1) is 0 Å². The summed E-state index contributed by atoms with van der Waals surface area (Å²) in [5, 5.41) is 14.0. The molecule has 0 spiro atoms. The fourth-order valence-electron chi connectivity index (χ4n) is 1.34. The van der Waals surface area contributed by atoms with E-state index in [2.05, 4.69) is 10.5 Å². The minimum absolute atomic E-state index is 0.0440. The summed E-state index contributed by atoms with van der Waals surface area (Å²) in [5.41, 5.74) is 6.97. The van der Waals surface area contributed by atoms with Crippen LogP contribution in [0.5, 0.6) is 0 Å². The third-order valence-corrected chi connectivity index (χ3v) is 2.19. The van der Waals surface area contributed by atoms with Crippen LogP contribution in [0.25, 0.3) is 0 Å². The molecule has 0 saturated heterocycles. The maximum atomic E-state index is 11.4. The molecular formula is C12H17N3O3. The summed E-state index contributed by atoms with van der Waals surface area (Å²) >= 11 is 0. The van der Waals surface area contributed by atoms with Crippen molar-refractivity contribution in [3.05, 3.63) is 29.8 Å². The number of hydrogen-bond donors (Lipinski definition) is 3. The summed E-state index contributed by atoms with van der Waals surface area (Å²) in [7, 11) is 0. The van der Waals surface area contributed by atoms with Gasteiger partial charge in [0.1, 0.15) is 12.4 Å². The zero-order chi connectivity index (χ0) is 13.4. The number of rotatable bonds is 6. The van der Waals surface area contributed by atoms with Crippen molar-refractivity contribution < 1.29 is 14.7 Å². The molecule has 1 amide bonds. The molecule has 6 heteroatoms. The lowest BCUT2D eigenvalue weighted by molar-refractivity contribution is -0.120. The fourth-order valence-corrected chi connectivity index (χ4v) is 1.34. The molecule has 0 bridgehead atoms. The number of ether oxygens (including phenoxy) is 1. The van der Waals surface area contributed by atoms with Crippen LogP contribution >= 0.6 is 0 Å². The zero-order valence-corrected chi connectivity index (χ0v) is 10.2. The standard InChI is InChI=1S/C12H17N3O3/c1-2-18-8-12(16)14-10-5-3-9(4-6-10)7-11(13)15-17/h3-6,17H,2,7-8H2,1H3,(H2,13,15)(H,14,16). The summed E-state index contributed by atoms with van der Waals surface area (Å²) in [5.74, 6) is -0.0517. The Bertz CT molecular complexity index is 415. The first-order chi connectivity index (χ1) is 8.65. The number of carbonyl (C=O) groups is 1. The monoisotopic (exact) mass is 251 g/mol. The molecule has 0 heterocycles. The molecule has 0 saturated carbocycles. The molecular weight excluding hydrogens is 234 g/mol. The third-order valence-electron chi connectivity index (χ3n) is 2.19. The Kier molecular flexibility index (Phi) is 5.66. The number of anilines is 1. The summed E-state index contributed by atoms with van der Waals surface area (Å²) in [6.07, 6.45) is 0.365. The second-order valence-corrected chi connectivity index (χ2v) is 3.65. The highest BCUT2D eigenvalue weighted by Crippen LogP contribution is 2.10. The topological polar surface area (TPSA) is 96.9 Å². The molecule has 1 aromatic rings. The van der Waals surface area contributed by atoms with Gasteiger partial charge in [0, 0.05) is 18.7 Å². The van der Waals surface area contributed by atoms with Gasteiger partial charge in [0.2, 0.25) is 5.91 Å². The molecule has 0 atom stereocenters. The predicted molar refractivity (Wildman–Crippen MR) is 68.7 cm³/mol. The smallest absolute Gasteiger partial charge is 0.250 e. The maximum Gasteiger partial charge on any atom is 0.250 e. The van der Waals surface area contributed by atoms with Gasteiger partial charge in [0.15, 0.2) is 0 Å². The van der Waals surface area contributed by atoms with Crippen LogP contribution in [-0.2, 0) is 16.0 Å². The maximum absolute atomic E-state index is 11.4. The minimum atomic E-state index is -0.193. The Hall–Kier alpha value is -2.08. The number of hydrogen-bond acceptors (Lipinski definition) is 4. The van der Waals surface area contributed by atoms with E-state index in [1.807, 2.05) is 6.92 Å². The molecule has 18 heavy (non-hydrogen) atoms. The van der Waals surface area contributed by atoms with Crippen LogP contribution in [0.3, 0.4) is 0 Å². The van der Waals surface area contributed by atoms with Crippen LogP contribution in [0.4, 0.5) is 5.69 Å². The first kappa shape index (κ1) is 14.0. The lowest BCUT2D eigenvalue weighted by Gasteiger charge is -2.06. The van der Waals surface area contributed by atoms with E-state index in [-0.39, 0.29) is 18.3 Å². The second-order valence-electron chi connectivity index (χ2n) is 3.65. The Balaban J connectivity index is 2.52. The van der Waals surface area contributed by atoms with Gasteiger partial charge in [-0.05, 0) is 24.6 Å². The molecule has 0 unspecified atom stereocenters. The normalized spacial score (nSPS) is 11.3. The lowest BCUT2D eigenvalue weighted by atomic mass is 10.1. The Morgan fingerprint density at radius 1 is 1.44 bits per heavy atom. The average Bonchev–Trinajstić information content (AvgIpc) is 2.38. The van der Waals surface area contributed by atoms with Crippen LogP contribution in [0, 0.1) is 0 Å². The van der Waals surface area contributed by atoms with Gasteiger partial charge in [0.25, 0.3) is 0 Å². The van der Waals surface area contributed by atoms with Gasteiger partial charge in [-0.1, -0.05) is 17.3 Å². The van der Waals surface area contributed by atoms with Crippen molar-refractivity contribution in [3.63, 3.8) is 0 Å². The zero-order valence-electron chi connectivity index (χ0n) is 10.2. The van der Waals surface area contributed by atoms with Gasteiger partial charge in [-0.2, -0.15) is 0 Å². The van der Waals surface area contributed by atoms with E-state index in [0.29, 0.717) is 18.7 Å². The molecule has 0 aliphatic rings. The van der Waals surface area contributed by atoms with Crippen molar-refractivity contribution in [3.8, 4) is 0 Å². The van der Waals surface area contributed by atoms with E-state index in [1.54, 1.807) is 24.3 Å². The molecule has 6 nitrogen and oxygen atoms in total. The molecule has 0 fully saturated rings. The van der Waals surface area contributed by atoms with Gasteiger partial charge in [-0.25, -0.2) is 0 Å². The summed E-state index contributed by atoms with van der Waals surface area (Å²) in [4.78, 5) is 11.4. The molecule has 1 aromatic carbocycles. The third kappa shape index (κ3) is 4.84. The number of amides is 1. The summed E-state index contributed by atoms with van der Waals surface area (Å²) in [6, 6.07) is 7.11. The number of benzene rings is 1. The molecule has 0 aromatic heterocycles. The first-order valence-corrected chi connectivity index (χ1v) is 5.58. The van der Waals surface area contributed by atoms with E-state index in [1.165, 1.54) is 0 Å². The highest BCUT2D eigenvalue weighted by Gasteiger charge is 2.02. The number of nitrogens with zero attached hydrogens (tertiary/aromatic N) is 1. The number of nitrogens with one attached hydrogen (secondary N) is 1. The van der Waals surface area contributed by atoms with E-state index >= 15 is 0 Å². The molecule has 0 aliphatic heterocycles. The largest absolute Gasteiger partial charge is 0.409 e. The summed E-state index contributed by atoms with van der Waals surface area (Å²) < 4.78 is 4.99. The van der Waals surface area contributed by atoms with Gasteiger partial charge in [-0.3, -0.25) is 4.79 Å². The molecule has 0 radical (unpaired) electrons. The van der Waals surface area contributed by atoms with Crippen LogP contribution in [0.15, 0.2) is 29.4 Å². The van der Waals surface area contributed by atoms with Crippen LogP contribution in [0.1, 0.15) is 12.5 Å². The summed E-state index contributed by atoms with van der Waals surface area (Å²) in [6.45, 7) is 2.38. The highest BCUT2D eigenvalue weighted by molar-refractivity contribution is 5.91. The van der Waals surface area contributed by atoms with Crippen molar-refractivity contribution >= 4 is 17.4 Å². The highest BCUT2D eigenvalue weighted by atomic mass is 16.5. The fraction of sp³-hybridized carbons (Fsp3) is 0.333. The number of carbonyl (C=O) groups excluding carboxylic acids is 1. The minimum Gasteiger partial charge on any atom is -0.409 e. The van der Waals surface area contributed by atoms with Gasteiger partial charge in [-0.15, -0.1) is 0 Å². The second kappa shape index (κ2) is 7.29. The van der Waals surface area contributed by atoms with Crippen LogP contribution < -0.4 is 11.1 Å². The van der Waals surface area contributed by atoms with Crippen molar-refractivity contribution in [2.24, 2.45) is 10.9 Å². The van der Waals surface area contributed by atoms with Crippen molar-refractivity contribution in [2.75, 3.05) is 18.5 Å². The number of amidine groups is 1. The Morgan fingerprint density at radius 2 is 2.11 bits per heavy atom. The predicted octanol–water partition coefficient (Wildman–Crippen LogP) is 0.950. The van der Waals surface area contributed by atoms with Crippen LogP contribution in [-0.4, -0.2) is 30.2 Å². The Labute approximate surface area is 105 Å². The van der Waals surface area contributed by atoms with Crippen LogP contribution in [0.2, 0.25) is 0 Å². The van der Waals surface area contributed by atoms with Crippen molar-refractivity contribution in [1.29, 1.82) is 0 Å². The molecule has 0 aliphatic carbocycles. The van der Waals surface area contributed by atoms with Crippen molar-refractivity contribution in [1.82, 2.24) is 0 Å². The van der Waals surface area contributed by atoms with Crippen molar-refractivity contribution in [2.45, 2.75) is 13.3 Å². The SMILES string of the molecule is CCOCC(=O)Nc1ccc(CC(N)=NO)cc1.